The lowest BCUT2D eigenvalue weighted by Crippen LogP contribution is -2.50. The molecule has 10 heteroatoms. The Labute approximate surface area is 177 Å². The number of nitrogens with zero attached hydrogens (tertiary/aromatic N) is 3. The molecule has 156 valence electrons. The van der Waals surface area contributed by atoms with Crippen molar-refractivity contribution in [2.24, 2.45) is 0 Å². The number of aryl methyl sites for hydroxylation is 1. The molecule has 2 heterocycles. The summed E-state index contributed by atoms with van der Waals surface area (Å²) < 4.78 is 28.4. The fourth-order valence-electron chi connectivity index (χ4n) is 3.49. The molecule has 1 fully saturated rings. The molecule has 1 saturated heterocycles. The number of amides is 1. The van der Waals surface area contributed by atoms with E-state index in [4.69, 9.17) is 0 Å². The Morgan fingerprint density at radius 2 is 1.77 bits per heavy atom. The van der Waals surface area contributed by atoms with Crippen LogP contribution < -0.4 is 0 Å². The third-order valence-electron chi connectivity index (χ3n) is 5.16. The number of thiophene rings is 1. The molecule has 0 atom stereocenters. The summed E-state index contributed by atoms with van der Waals surface area (Å²) in [5, 5.41) is 12.0. The van der Waals surface area contributed by atoms with Crippen LogP contribution in [0.1, 0.15) is 15.2 Å². The van der Waals surface area contributed by atoms with Gasteiger partial charge in [-0.1, -0.05) is 24.3 Å². The minimum Gasteiger partial charge on any atom is -0.335 e. The maximum Gasteiger partial charge on any atom is 0.270 e. The van der Waals surface area contributed by atoms with Crippen LogP contribution in [0, 0.1) is 17.0 Å². The first-order valence-corrected chi connectivity index (χ1v) is 11.6. The van der Waals surface area contributed by atoms with Crippen LogP contribution in [-0.2, 0) is 10.0 Å². The van der Waals surface area contributed by atoms with Crippen LogP contribution in [0.3, 0.4) is 0 Å². The molecule has 0 aliphatic carbocycles. The normalized spacial score (nSPS) is 15.4. The highest BCUT2D eigenvalue weighted by Crippen LogP contribution is 2.28. The molecule has 0 unspecified atom stereocenters. The second-order valence-corrected chi connectivity index (χ2v) is 10.0. The van der Waals surface area contributed by atoms with Crippen molar-refractivity contribution in [3.63, 3.8) is 0 Å². The number of nitro benzene ring substituents is 1. The molecule has 2 aromatic carbocycles. The lowest BCUT2D eigenvalue weighted by atomic mass is 10.2. The van der Waals surface area contributed by atoms with Gasteiger partial charge in [0.1, 0.15) is 0 Å². The molecule has 0 saturated carbocycles. The van der Waals surface area contributed by atoms with Gasteiger partial charge in [0.05, 0.1) is 14.7 Å². The number of carbonyl (C=O) groups is 1. The molecule has 0 N–H and O–H groups in total. The highest BCUT2D eigenvalue weighted by Gasteiger charge is 2.32. The molecule has 0 radical (unpaired) electrons. The third-order valence-corrected chi connectivity index (χ3v) is 8.31. The van der Waals surface area contributed by atoms with E-state index in [0.29, 0.717) is 10.4 Å². The lowest BCUT2D eigenvalue weighted by molar-refractivity contribution is -0.385. The first-order chi connectivity index (χ1) is 14.3. The van der Waals surface area contributed by atoms with Crippen molar-refractivity contribution in [2.45, 2.75) is 11.8 Å². The summed E-state index contributed by atoms with van der Waals surface area (Å²) in [6.45, 7) is 2.42. The largest absolute Gasteiger partial charge is 0.335 e. The Bertz CT molecular complexity index is 1210. The second-order valence-electron chi connectivity index (χ2n) is 7.05. The number of hydrogen-bond acceptors (Lipinski definition) is 6. The number of non-ortho nitro benzene ring substituents is 1. The summed E-state index contributed by atoms with van der Waals surface area (Å²) in [6.07, 6.45) is 0. The van der Waals surface area contributed by atoms with E-state index in [1.54, 1.807) is 11.8 Å². The smallest absolute Gasteiger partial charge is 0.270 e. The van der Waals surface area contributed by atoms with Gasteiger partial charge in [-0.15, -0.1) is 11.3 Å². The summed E-state index contributed by atoms with van der Waals surface area (Å²) >= 11 is 1.42. The first kappa shape index (κ1) is 20.5. The van der Waals surface area contributed by atoms with E-state index in [2.05, 4.69) is 0 Å². The molecule has 30 heavy (non-hydrogen) atoms. The van der Waals surface area contributed by atoms with Gasteiger partial charge in [0, 0.05) is 43.0 Å². The van der Waals surface area contributed by atoms with E-state index in [9.17, 15) is 23.3 Å². The van der Waals surface area contributed by atoms with Crippen molar-refractivity contribution in [3.8, 4) is 0 Å². The van der Waals surface area contributed by atoms with Crippen molar-refractivity contribution < 1.29 is 18.1 Å². The number of rotatable bonds is 4. The maximum absolute atomic E-state index is 13.0. The average molecular weight is 446 g/mol. The Morgan fingerprint density at radius 3 is 2.43 bits per heavy atom. The molecule has 1 amide bonds. The van der Waals surface area contributed by atoms with Crippen LogP contribution >= 0.6 is 11.3 Å². The van der Waals surface area contributed by atoms with E-state index < -0.39 is 14.9 Å². The second kappa shape index (κ2) is 7.78. The number of hydrogen-bond donors (Lipinski definition) is 0. The van der Waals surface area contributed by atoms with Crippen molar-refractivity contribution in [1.82, 2.24) is 9.21 Å². The molecule has 0 spiro atoms. The third kappa shape index (κ3) is 3.69. The van der Waals surface area contributed by atoms with Gasteiger partial charge >= 0.3 is 0 Å². The minimum absolute atomic E-state index is 0.0685. The number of sulfonamides is 1. The zero-order valence-electron chi connectivity index (χ0n) is 16.1. The van der Waals surface area contributed by atoms with Gasteiger partial charge in [0.15, 0.2) is 0 Å². The van der Waals surface area contributed by atoms with Gasteiger partial charge in [-0.25, -0.2) is 8.42 Å². The van der Waals surface area contributed by atoms with Crippen LogP contribution in [0.2, 0.25) is 0 Å². The maximum atomic E-state index is 13.0. The van der Waals surface area contributed by atoms with Crippen LogP contribution in [-0.4, -0.2) is 54.6 Å². The topological polar surface area (TPSA) is 101 Å². The molecular formula is C20H19N3O5S2. The predicted octanol–water partition coefficient (Wildman–Crippen LogP) is 3.26. The van der Waals surface area contributed by atoms with Gasteiger partial charge in [0.2, 0.25) is 10.0 Å². The molecule has 1 aliphatic heterocycles. The molecule has 8 nitrogen and oxygen atoms in total. The quantitative estimate of drug-likeness (QED) is 0.453. The SMILES string of the molecule is Cc1ccc([N+](=O)[O-])cc1S(=O)(=O)N1CCN(C(=O)c2cc3ccccc3s2)CC1. The Kier molecular flexibility index (Phi) is 5.31. The number of fused-ring (bicyclic) bond motifs is 1. The summed E-state index contributed by atoms with van der Waals surface area (Å²) in [4.78, 5) is 25.5. The van der Waals surface area contributed by atoms with Gasteiger partial charge in [-0.3, -0.25) is 14.9 Å². The monoisotopic (exact) mass is 445 g/mol. The Balaban J connectivity index is 1.50. The predicted molar refractivity (Wildman–Crippen MR) is 114 cm³/mol. The summed E-state index contributed by atoms with van der Waals surface area (Å²) in [5.41, 5.74) is 0.183. The number of benzene rings is 2. The zero-order valence-corrected chi connectivity index (χ0v) is 17.8. The van der Waals surface area contributed by atoms with Crippen LogP contribution in [0.5, 0.6) is 0 Å². The van der Waals surface area contributed by atoms with Gasteiger partial charge in [0.25, 0.3) is 11.6 Å². The minimum atomic E-state index is -3.89. The molecule has 4 rings (SSSR count). The van der Waals surface area contributed by atoms with Crippen molar-refractivity contribution in [2.75, 3.05) is 26.2 Å². The molecule has 0 bridgehead atoms. The number of piperazine rings is 1. The molecule has 1 aliphatic rings. The average Bonchev–Trinajstić information content (AvgIpc) is 3.17. The lowest BCUT2D eigenvalue weighted by Gasteiger charge is -2.34. The Morgan fingerprint density at radius 1 is 1.07 bits per heavy atom. The van der Waals surface area contributed by atoms with Gasteiger partial charge in [-0.2, -0.15) is 4.31 Å². The van der Waals surface area contributed by atoms with Crippen LogP contribution in [0.25, 0.3) is 10.1 Å². The van der Waals surface area contributed by atoms with Crippen molar-refractivity contribution in [3.05, 3.63) is 69.1 Å². The molecular weight excluding hydrogens is 426 g/mol. The van der Waals surface area contributed by atoms with Crippen molar-refractivity contribution >= 4 is 43.0 Å². The van der Waals surface area contributed by atoms with E-state index in [-0.39, 0.29) is 42.7 Å². The number of carbonyl (C=O) groups excluding carboxylic acids is 1. The van der Waals surface area contributed by atoms with E-state index in [1.807, 2.05) is 30.3 Å². The van der Waals surface area contributed by atoms with E-state index in [0.717, 1.165) is 16.2 Å². The Hall–Kier alpha value is -2.82. The zero-order chi connectivity index (χ0) is 21.5. The standard InChI is InChI=1S/C20H19N3O5S2/c1-14-6-7-16(23(25)26)13-19(14)30(27,28)22-10-8-21(9-11-22)20(24)18-12-15-4-2-3-5-17(15)29-18/h2-7,12-13H,8-11H2,1H3. The van der Waals surface area contributed by atoms with Crippen LogP contribution in [0.4, 0.5) is 5.69 Å². The summed E-state index contributed by atoms with van der Waals surface area (Å²) in [5.74, 6) is -0.111. The fourth-order valence-corrected chi connectivity index (χ4v) is 6.19. The highest BCUT2D eigenvalue weighted by molar-refractivity contribution is 7.89. The fraction of sp³-hybridized carbons (Fsp3) is 0.250. The van der Waals surface area contributed by atoms with E-state index in [1.165, 1.54) is 27.8 Å². The molecule has 1 aromatic heterocycles. The van der Waals surface area contributed by atoms with Crippen molar-refractivity contribution in [1.29, 1.82) is 0 Å². The summed E-state index contributed by atoms with van der Waals surface area (Å²) in [7, 11) is -3.89. The summed E-state index contributed by atoms with van der Waals surface area (Å²) in [6, 6.07) is 13.4. The van der Waals surface area contributed by atoms with Gasteiger partial charge in [-0.05, 0) is 30.0 Å². The highest BCUT2D eigenvalue weighted by atomic mass is 32.2. The van der Waals surface area contributed by atoms with Gasteiger partial charge < -0.3 is 4.90 Å². The van der Waals surface area contributed by atoms with E-state index >= 15 is 0 Å². The number of nitro groups is 1. The van der Waals surface area contributed by atoms with Crippen LogP contribution in [0.15, 0.2) is 53.4 Å². The first-order valence-electron chi connectivity index (χ1n) is 9.30. The molecule has 3 aromatic rings.